The first-order valence-corrected chi connectivity index (χ1v) is 28.2. The van der Waals surface area contributed by atoms with Crippen molar-refractivity contribution in [3.63, 3.8) is 0 Å². The van der Waals surface area contributed by atoms with E-state index in [2.05, 4.69) is 62.5 Å². The molecule has 0 aliphatic heterocycles. The quantitative estimate of drug-likeness (QED) is 0.0321. The fourth-order valence-corrected chi connectivity index (χ4v) is 8.67. The summed E-state index contributed by atoms with van der Waals surface area (Å²) in [5.74, 6) is -0.497. The van der Waals surface area contributed by atoms with Gasteiger partial charge in [-0.15, -0.1) is 0 Å². The smallest absolute Gasteiger partial charge is 0.306 e. The van der Waals surface area contributed by atoms with Crippen LogP contribution in [0.25, 0.3) is 0 Å². The van der Waals surface area contributed by atoms with Crippen LogP contribution in [0.15, 0.2) is 36.5 Å². The van der Waals surface area contributed by atoms with Crippen LogP contribution in [0.4, 0.5) is 0 Å². The van der Waals surface area contributed by atoms with Crippen LogP contribution in [0.2, 0.25) is 0 Å². The topological polar surface area (TPSA) is 95.9 Å². The van der Waals surface area contributed by atoms with Crippen molar-refractivity contribution >= 4 is 11.9 Å². The molecule has 0 rings (SSSR count). The van der Waals surface area contributed by atoms with Crippen LogP contribution in [0.5, 0.6) is 0 Å². The maximum atomic E-state index is 13.2. The Hall–Kier alpha value is -1.92. The molecule has 64 heavy (non-hydrogen) atoms. The summed E-state index contributed by atoms with van der Waals surface area (Å²) in [6.07, 6.45) is 62.1. The van der Waals surface area contributed by atoms with E-state index in [1.165, 1.54) is 180 Å². The van der Waals surface area contributed by atoms with Crippen LogP contribution in [-0.2, 0) is 14.3 Å². The molecule has 0 saturated heterocycles. The van der Waals surface area contributed by atoms with E-state index in [9.17, 15) is 19.8 Å². The van der Waals surface area contributed by atoms with E-state index in [-0.39, 0.29) is 24.9 Å². The molecule has 0 aromatic rings. The molecular weight excluding hydrogens is 791 g/mol. The zero-order valence-corrected chi connectivity index (χ0v) is 42.9. The number of rotatable bonds is 51. The molecule has 1 amide bonds. The summed E-state index contributed by atoms with van der Waals surface area (Å²) in [6.45, 7) is 6.47. The molecule has 0 aliphatic rings. The highest BCUT2D eigenvalue weighted by atomic mass is 16.5. The van der Waals surface area contributed by atoms with Crippen molar-refractivity contribution in [1.82, 2.24) is 5.32 Å². The molecule has 376 valence electrons. The maximum absolute atomic E-state index is 13.2. The third-order valence-corrected chi connectivity index (χ3v) is 13.0. The minimum Gasteiger partial charge on any atom is -0.462 e. The number of hydrogen-bond donors (Lipinski definition) is 3. The fraction of sp³-hybridized carbons (Fsp3) is 0.862. The van der Waals surface area contributed by atoms with Gasteiger partial charge in [0.1, 0.15) is 6.10 Å². The summed E-state index contributed by atoms with van der Waals surface area (Å²) >= 11 is 0. The molecule has 0 bridgehead atoms. The molecule has 0 aromatic carbocycles. The van der Waals surface area contributed by atoms with Crippen LogP contribution in [0.3, 0.4) is 0 Å². The predicted molar refractivity (Wildman–Crippen MR) is 278 cm³/mol. The van der Waals surface area contributed by atoms with Gasteiger partial charge in [0, 0.05) is 6.42 Å². The average Bonchev–Trinajstić information content (AvgIpc) is 3.29. The second kappa shape index (κ2) is 52.1. The number of carbonyl (C=O) groups excluding carboxylic acids is 2. The third-order valence-electron chi connectivity index (χ3n) is 13.0. The molecule has 0 saturated carbocycles. The van der Waals surface area contributed by atoms with Gasteiger partial charge in [-0.2, -0.15) is 0 Å². The van der Waals surface area contributed by atoms with Crippen molar-refractivity contribution in [3.8, 4) is 0 Å². The Labute approximate surface area is 398 Å². The van der Waals surface area contributed by atoms with Crippen molar-refractivity contribution < 1.29 is 24.5 Å². The Morgan fingerprint density at radius 1 is 0.453 bits per heavy atom. The molecule has 0 spiro atoms. The summed E-state index contributed by atoms with van der Waals surface area (Å²) in [5.41, 5.74) is 0. The average molecular weight is 901 g/mol. The van der Waals surface area contributed by atoms with Crippen molar-refractivity contribution in [1.29, 1.82) is 0 Å². The number of esters is 1. The lowest BCUT2D eigenvalue weighted by molar-refractivity contribution is -0.151. The van der Waals surface area contributed by atoms with E-state index in [1.54, 1.807) is 0 Å². The summed E-state index contributed by atoms with van der Waals surface area (Å²) in [6, 6.07) is -0.711. The number of nitrogens with one attached hydrogen (secondary N) is 1. The zero-order valence-electron chi connectivity index (χ0n) is 42.9. The highest BCUT2D eigenvalue weighted by Gasteiger charge is 2.24. The van der Waals surface area contributed by atoms with Crippen LogP contribution >= 0.6 is 0 Å². The van der Waals surface area contributed by atoms with Gasteiger partial charge in [-0.05, 0) is 64.2 Å². The van der Waals surface area contributed by atoms with E-state index in [0.717, 1.165) is 70.6 Å². The van der Waals surface area contributed by atoms with Gasteiger partial charge in [0.15, 0.2) is 0 Å². The molecule has 3 atom stereocenters. The second-order valence-electron chi connectivity index (χ2n) is 19.3. The SMILES string of the molecule is CCCCC/C=C\C/C=C\C/C=C\CCCCC(CC(=O)NC(CO)C(O)CCCCCCCCCCCCCCCCCC)OC(=O)CCCCCCCCCCCCCCCC. The van der Waals surface area contributed by atoms with E-state index in [4.69, 9.17) is 4.74 Å². The molecule has 0 heterocycles. The number of carbonyl (C=O) groups is 2. The van der Waals surface area contributed by atoms with Crippen molar-refractivity contribution in [3.05, 3.63) is 36.5 Å². The molecule has 3 unspecified atom stereocenters. The number of aliphatic hydroxyl groups excluding tert-OH is 2. The number of unbranched alkanes of at least 4 members (excludes halogenated alkanes) is 33. The predicted octanol–water partition coefficient (Wildman–Crippen LogP) is 17.2. The summed E-state index contributed by atoms with van der Waals surface area (Å²) in [5, 5.41) is 23.9. The van der Waals surface area contributed by atoms with Crippen LogP contribution in [0, 0.1) is 0 Å². The van der Waals surface area contributed by atoms with Crippen molar-refractivity contribution in [2.75, 3.05) is 6.61 Å². The second-order valence-corrected chi connectivity index (χ2v) is 19.3. The van der Waals surface area contributed by atoms with Gasteiger partial charge in [0.05, 0.1) is 25.2 Å². The largest absolute Gasteiger partial charge is 0.462 e. The van der Waals surface area contributed by atoms with E-state index in [0.29, 0.717) is 19.3 Å². The van der Waals surface area contributed by atoms with Crippen molar-refractivity contribution in [2.24, 2.45) is 0 Å². The highest BCUT2D eigenvalue weighted by Crippen LogP contribution is 2.18. The molecule has 0 aromatic heterocycles. The van der Waals surface area contributed by atoms with Gasteiger partial charge in [-0.25, -0.2) is 0 Å². The van der Waals surface area contributed by atoms with Crippen LogP contribution < -0.4 is 5.32 Å². The van der Waals surface area contributed by atoms with Gasteiger partial charge >= 0.3 is 5.97 Å². The number of ether oxygens (including phenoxy) is 1. The van der Waals surface area contributed by atoms with Gasteiger partial charge in [0.2, 0.25) is 5.91 Å². The Morgan fingerprint density at radius 2 is 0.797 bits per heavy atom. The monoisotopic (exact) mass is 900 g/mol. The molecule has 0 fully saturated rings. The number of hydrogen-bond acceptors (Lipinski definition) is 5. The standard InChI is InChI=1S/C58H109NO5/c1-4-7-10-13-16-19-22-25-28-30-32-35-38-41-44-47-50-56(61)55(53-60)59-57(62)52-54(49-46-43-40-37-34-31-29-26-23-20-17-14-11-8-5-2)64-58(63)51-48-45-42-39-36-33-27-24-21-18-15-12-9-6-3/h17,20,26,29,34,37,54-56,60-61H,4-16,18-19,21-25,27-28,30-33,35-36,38-53H2,1-3H3,(H,59,62)/b20-17-,29-26-,37-34-. The van der Waals surface area contributed by atoms with Crippen molar-refractivity contribution in [2.45, 2.75) is 315 Å². The summed E-state index contributed by atoms with van der Waals surface area (Å²) in [7, 11) is 0. The Balaban J connectivity index is 4.58. The Kier molecular flexibility index (Phi) is 50.5. The summed E-state index contributed by atoms with van der Waals surface area (Å²) < 4.78 is 5.94. The lowest BCUT2D eigenvalue weighted by atomic mass is 10.0. The zero-order chi connectivity index (χ0) is 46.7. The van der Waals surface area contributed by atoms with E-state index in [1.807, 2.05) is 0 Å². The number of allylic oxidation sites excluding steroid dienone is 6. The number of aliphatic hydroxyl groups is 2. The first kappa shape index (κ1) is 62.1. The number of amides is 1. The first-order valence-electron chi connectivity index (χ1n) is 28.2. The maximum Gasteiger partial charge on any atom is 0.306 e. The molecule has 6 nitrogen and oxygen atoms in total. The third kappa shape index (κ3) is 46.6. The minimum absolute atomic E-state index is 0.0560. The van der Waals surface area contributed by atoms with Gasteiger partial charge in [-0.3, -0.25) is 9.59 Å². The normalized spacial score (nSPS) is 13.4. The van der Waals surface area contributed by atoms with E-state index < -0.39 is 18.2 Å². The summed E-state index contributed by atoms with van der Waals surface area (Å²) in [4.78, 5) is 26.2. The van der Waals surface area contributed by atoms with Gasteiger partial charge in [0.25, 0.3) is 0 Å². The Bertz CT molecular complexity index is 1060. The molecule has 0 aliphatic carbocycles. The molecular formula is C58H109NO5. The Morgan fingerprint density at radius 3 is 1.22 bits per heavy atom. The van der Waals surface area contributed by atoms with Gasteiger partial charge < -0.3 is 20.3 Å². The highest BCUT2D eigenvalue weighted by molar-refractivity contribution is 5.77. The molecule has 3 N–H and O–H groups in total. The lowest BCUT2D eigenvalue weighted by Gasteiger charge is -2.24. The van der Waals surface area contributed by atoms with E-state index >= 15 is 0 Å². The fourth-order valence-electron chi connectivity index (χ4n) is 8.67. The molecule has 0 radical (unpaired) electrons. The lowest BCUT2D eigenvalue weighted by Crippen LogP contribution is -2.46. The first-order chi connectivity index (χ1) is 31.5. The van der Waals surface area contributed by atoms with Crippen LogP contribution in [-0.4, -0.2) is 46.9 Å². The van der Waals surface area contributed by atoms with Gasteiger partial charge in [-0.1, -0.05) is 256 Å². The minimum atomic E-state index is -0.796. The molecule has 6 heteroatoms. The van der Waals surface area contributed by atoms with Crippen LogP contribution in [0.1, 0.15) is 297 Å².